The number of para-hydroxylation sites is 1. The van der Waals surface area contributed by atoms with E-state index < -0.39 is 24.7 Å². The van der Waals surface area contributed by atoms with Gasteiger partial charge in [-0.05, 0) is 37.0 Å². The van der Waals surface area contributed by atoms with E-state index in [0.717, 1.165) is 22.4 Å². The number of halogens is 3. The first-order valence-electron chi connectivity index (χ1n) is 8.81. The normalized spacial score (nSPS) is 16.6. The van der Waals surface area contributed by atoms with Crippen LogP contribution in [0.25, 0.3) is 5.69 Å². The summed E-state index contributed by atoms with van der Waals surface area (Å²) in [5, 5.41) is 14.7. The van der Waals surface area contributed by atoms with E-state index in [2.05, 4.69) is 20.7 Å². The number of carbonyl (C=O) groups excluding carboxylic acids is 1. The van der Waals surface area contributed by atoms with Crippen molar-refractivity contribution in [3.05, 3.63) is 59.7 Å². The van der Waals surface area contributed by atoms with E-state index in [4.69, 9.17) is 0 Å². The Bertz CT molecular complexity index is 979. The number of rotatable bonds is 4. The second-order valence-corrected chi connectivity index (χ2v) is 6.65. The molecule has 1 aromatic carbocycles. The summed E-state index contributed by atoms with van der Waals surface area (Å²) in [5.41, 5.74) is 2.11. The Morgan fingerprint density at radius 3 is 2.75 bits per heavy atom. The second-order valence-electron chi connectivity index (χ2n) is 6.65. The van der Waals surface area contributed by atoms with Crippen LogP contribution in [0.3, 0.4) is 0 Å². The minimum atomic E-state index is -4.34. The van der Waals surface area contributed by atoms with Gasteiger partial charge in [0, 0.05) is 6.20 Å². The fraction of sp³-hybridized carbons (Fsp3) is 0.333. The Labute approximate surface area is 158 Å². The lowest BCUT2D eigenvalue weighted by Crippen LogP contribution is -2.31. The summed E-state index contributed by atoms with van der Waals surface area (Å²) in [7, 11) is 0. The maximum atomic E-state index is 12.6. The van der Waals surface area contributed by atoms with Crippen LogP contribution in [-0.2, 0) is 13.0 Å². The van der Waals surface area contributed by atoms with Gasteiger partial charge in [-0.2, -0.15) is 18.3 Å². The Morgan fingerprint density at radius 1 is 1.21 bits per heavy atom. The number of hydrogen-bond donors (Lipinski definition) is 1. The predicted octanol–water partition coefficient (Wildman–Crippen LogP) is 2.83. The van der Waals surface area contributed by atoms with Gasteiger partial charge in [0.05, 0.1) is 23.6 Å². The van der Waals surface area contributed by atoms with Crippen molar-refractivity contribution in [2.75, 3.05) is 0 Å². The van der Waals surface area contributed by atoms with Gasteiger partial charge in [0.15, 0.2) is 5.69 Å². The minimum Gasteiger partial charge on any atom is -0.342 e. The van der Waals surface area contributed by atoms with Gasteiger partial charge >= 0.3 is 6.18 Å². The maximum absolute atomic E-state index is 12.6. The Hall–Kier alpha value is -3.17. The van der Waals surface area contributed by atoms with Crippen LogP contribution in [0.5, 0.6) is 0 Å². The third kappa shape index (κ3) is 3.90. The lowest BCUT2D eigenvalue weighted by Gasteiger charge is -2.21. The standard InChI is InChI=1S/C18H17F3N6O/c19-18(20,21)11-26-9-12-5-4-8-14(16(12)24-26)22-17(28)15-10-27(25-23-15)13-6-2-1-3-7-13/h1-3,6-7,9-10,14H,4-5,8,11H2,(H,22,28)/t14-/m0/s1. The molecule has 3 aromatic rings. The van der Waals surface area contributed by atoms with Gasteiger partial charge in [0.25, 0.3) is 5.91 Å². The number of hydrogen-bond acceptors (Lipinski definition) is 4. The number of benzene rings is 1. The number of aryl methyl sites for hydroxylation is 1. The molecular weight excluding hydrogens is 373 g/mol. The van der Waals surface area contributed by atoms with Crippen LogP contribution in [0, 0.1) is 0 Å². The van der Waals surface area contributed by atoms with Crippen LogP contribution in [-0.4, -0.2) is 36.9 Å². The highest BCUT2D eigenvalue weighted by atomic mass is 19.4. The summed E-state index contributed by atoms with van der Waals surface area (Å²) in [4.78, 5) is 12.6. The first kappa shape index (κ1) is 18.2. The summed E-state index contributed by atoms with van der Waals surface area (Å²) in [6.45, 7) is -1.15. The molecule has 0 radical (unpaired) electrons. The van der Waals surface area contributed by atoms with Crippen molar-refractivity contribution >= 4 is 5.91 Å². The third-order valence-electron chi connectivity index (χ3n) is 4.53. The lowest BCUT2D eigenvalue weighted by molar-refractivity contribution is -0.142. The smallest absolute Gasteiger partial charge is 0.342 e. The molecule has 0 aliphatic heterocycles. The Kier molecular flexibility index (Phi) is 4.62. The molecule has 146 valence electrons. The first-order chi connectivity index (χ1) is 13.4. The monoisotopic (exact) mass is 390 g/mol. The topological polar surface area (TPSA) is 77.6 Å². The molecule has 0 bridgehead atoms. The van der Waals surface area contributed by atoms with Crippen molar-refractivity contribution < 1.29 is 18.0 Å². The van der Waals surface area contributed by atoms with Crippen LogP contribution in [0.2, 0.25) is 0 Å². The fourth-order valence-electron chi connectivity index (χ4n) is 3.31. The summed E-state index contributed by atoms with van der Waals surface area (Å²) in [5.74, 6) is -0.439. The van der Waals surface area contributed by atoms with Crippen LogP contribution in [0.15, 0.2) is 42.7 Å². The zero-order valence-corrected chi connectivity index (χ0v) is 14.7. The van der Waals surface area contributed by atoms with Crippen molar-refractivity contribution in [3.63, 3.8) is 0 Å². The van der Waals surface area contributed by atoms with Crippen LogP contribution >= 0.6 is 0 Å². The van der Waals surface area contributed by atoms with Gasteiger partial charge in [-0.3, -0.25) is 9.48 Å². The molecule has 2 aromatic heterocycles. The zero-order valence-electron chi connectivity index (χ0n) is 14.7. The number of nitrogens with zero attached hydrogens (tertiary/aromatic N) is 5. The van der Waals surface area contributed by atoms with E-state index in [1.807, 2.05) is 30.3 Å². The van der Waals surface area contributed by atoms with Crippen molar-refractivity contribution in [2.45, 2.75) is 38.0 Å². The van der Waals surface area contributed by atoms with Crippen LogP contribution < -0.4 is 5.32 Å². The summed E-state index contributed by atoms with van der Waals surface area (Å²) < 4.78 is 40.3. The molecule has 0 unspecified atom stereocenters. The molecule has 0 spiro atoms. The second kappa shape index (κ2) is 7.10. The average molecular weight is 390 g/mol. The lowest BCUT2D eigenvalue weighted by atomic mass is 9.93. The van der Waals surface area contributed by atoms with E-state index in [1.165, 1.54) is 17.1 Å². The van der Waals surface area contributed by atoms with E-state index in [-0.39, 0.29) is 5.69 Å². The molecule has 1 aliphatic carbocycles. The van der Waals surface area contributed by atoms with E-state index in [9.17, 15) is 18.0 Å². The third-order valence-corrected chi connectivity index (χ3v) is 4.53. The summed E-state index contributed by atoms with van der Waals surface area (Å²) in [6, 6.07) is 8.77. The fourth-order valence-corrected chi connectivity index (χ4v) is 3.31. The van der Waals surface area contributed by atoms with Crippen molar-refractivity contribution in [3.8, 4) is 5.69 Å². The number of fused-ring (bicyclic) bond motifs is 1. The molecular formula is C18H17F3N6O. The molecule has 2 heterocycles. The molecule has 0 saturated carbocycles. The summed E-state index contributed by atoms with van der Waals surface area (Å²) >= 11 is 0. The van der Waals surface area contributed by atoms with Crippen molar-refractivity contribution in [2.24, 2.45) is 0 Å². The van der Waals surface area contributed by atoms with Crippen LogP contribution in [0.1, 0.15) is 40.6 Å². The van der Waals surface area contributed by atoms with Gasteiger partial charge < -0.3 is 5.32 Å². The molecule has 4 rings (SSSR count). The summed E-state index contributed by atoms with van der Waals surface area (Å²) in [6.07, 6.45) is 0.581. The molecule has 1 aliphatic rings. The number of carbonyl (C=O) groups is 1. The molecule has 0 fully saturated rings. The highest BCUT2D eigenvalue weighted by Gasteiger charge is 2.31. The molecule has 10 heteroatoms. The van der Waals surface area contributed by atoms with Crippen molar-refractivity contribution in [1.82, 2.24) is 30.1 Å². The molecule has 1 atom stereocenters. The van der Waals surface area contributed by atoms with Gasteiger partial charge in [-0.1, -0.05) is 23.4 Å². The van der Waals surface area contributed by atoms with Crippen LogP contribution in [0.4, 0.5) is 13.2 Å². The minimum absolute atomic E-state index is 0.130. The Morgan fingerprint density at radius 2 is 2.00 bits per heavy atom. The van der Waals surface area contributed by atoms with E-state index in [1.54, 1.807) is 0 Å². The number of alkyl halides is 3. The molecule has 7 nitrogen and oxygen atoms in total. The van der Waals surface area contributed by atoms with E-state index in [0.29, 0.717) is 18.5 Å². The van der Waals surface area contributed by atoms with E-state index >= 15 is 0 Å². The zero-order chi connectivity index (χ0) is 19.7. The predicted molar refractivity (Wildman–Crippen MR) is 92.8 cm³/mol. The SMILES string of the molecule is O=C(N[C@H]1CCCc2cn(CC(F)(F)F)nc21)c1cn(-c2ccccc2)nn1. The maximum Gasteiger partial charge on any atom is 0.408 e. The van der Waals surface area contributed by atoms with Gasteiger partial charge in [0.2, 0.25) is 0 Å². The van der Waals surface area contributed by atoms with Gasteiger partial charge in [-0.15, -0.1) is 5.10 Å². The molecule has 1 N–H and O–H groups in total. The average Bonchev–Trinajstić information content (AvgIpc) is 3.28. The Balaban J connectivity index is 1.50. The highest BCUT2D eigenvalue weighted by molar-refractivity contribution is 5.92. The van der Waals surface area contributed by atoms with Gasteiger partial charge in [-0.25, -0.2) is 4.68 Å². The highest BCUT2D eigenvalue weighted by Crippen LogP contribution is 2.29. The molecule has 1 amide bonds. The van der Waals surface area contributed by atoms with Gasteiger partial charge in [0.1, 0.15) is 6.54 Å². The van der Waals surface area contributed by atoms with Crippen molar-refractivity contribution in [1.29, 1.82) is 0 Å². The number of aromatic nitrogens is 5. The largest absolute Gasteiger partial charge is 0.408 e. The number of amides is 1. The molecule has 28 heavy (non-hydrogen) atoms. The molecule has 0 saturated heterocycles. The first-order valence-corrected chi connectivity index (χ1v) is 8.81. The quantitative estimate of drug-likeness (QED) is 0.743. The number of nitrogens with one attached hydrogen (secondary N) is 1.